The van der Waals surface area contributed by atoms with Crippen molar-refractivity contribution < 1.29 is 9.90 Å². The molecule has 0 bridgehead atoms. The van der Waals surface area contributed by atoms with E-state index in [-0.39, 0.29) is 18.1 Å². The van der Waals surface area contributed by atoms with Gasteiger partial charge in [-0.1, -0.05) is 0 Å². The molecule has 2 aliphatic rings. The van der Waals surface area contributed by atoms with Gasteiger partial charge in [0.25, 0.3) is 0 Å². The highest BCUT2D eigenvalue weighted by Gasteiger charge is 2.34. The van der Waals surface area contributed by atoms with Crippen LogP contribution in [0.3, 0.4) is 0 Å². The maximum Gasteiger partial charge on any atom is 0.239 e. The summed E-state index contributed by atoms with van der Waals surface area (Å²) in [6, 6.07) is -0.338. The van der Waals surface area contributed by atoms with E-state index in [1.165, 1.54) is 0 Å². The monoisotopic (exact) mass is 198 g/mol. The van der Waals surface area contributed by atoms with Crippen LogP contribution in [0, 0.1) is 5.92 Å². The molecule has 2 unspecified atom stereocenters. The Hall–Kier alpha value is -0.610. The number of likely N-dealkylation sites (tertiary alicyclic amines) is 1. The van der Waals surface area contributed by atoms with Crippen LogP contribution in [0.25, 0.3) is 0 Å². The predicted molar refractivity (Wildman–Crippen MR) is 52.5 cm³/mol. The van der Waals surface area contributed by atoms with Gasteiger partial charge in [-0.3, -0.25) is 4.79 Å². The molecule has 1 saturated carbocycles. The Morgan fingerprint density at radius 3 is 2.86 bits per heavy atom. The van der Waals surface area contributed by atoms with Crippen LogP contribution < -0.4 is 5.73 Å². The normalized spacial score (nSPS) is 30.6. The van der Waals surface area contributed by atoms with Gasteiger partial charge in [0.1, 0.15) is 0 Å². The van der Waals surface area contributed by atoms with Gasteiger partial charge in [0, 0.05) is 13.1 Å². The first-order valence-corrected chi connectivity index (χ1v) is 5.41. The summed E-state index contributed by atoms with van der Waals surface area (Å²) >= 11 is 0. The summed E-state index contributed by atoms with van der Waals surface area (Å²) in [7, 11) is 0. The zero-order valence-electron chi connectivity index (χ0n) is 8.35. The number of nitrogens with zero attached hydrogens (tertiary/aromatic N) is 1. The second-order valence-corrected chi connectivity index (χ2v) is 4.44. The van der Waals surface area contributed by atoms with E-state index in [1.54, 1.807) is 4.90 Å². The predicted octanol–water partition coefficient (Wildman–Crippen LogP) is -0.293. The van der Waals surface area contributed by atoms with E-state index in [9.17, 15) is 9.90 Å². The van der Waals surface area contributed by atoms with E-state index >= 15 is 0 Å². The second-order valence-electron chi connectivity index (χ2n) is 4.44. The van der Waals surface area contributed by atoms with Crippen molar-refractivity contribution in [2.75, 3.05) is 13.1 Å². The van der Waals surface area contributed by atoms with Gasteiger partial charge >= 0.3 is 0 Å². The summed E-state index contributed by atoms with van der Waals surface area (Å²) < 4.78 is 0. The number of carbonyl (C=O) groups excluding carboxylic acids is 1. The van der Waals surface area contributed by atoms with Gasteiger partial charge in [0.2, 0.25) is 5.91 Å². The second kappa shape index (κ2) is 3.87. The Bertz CT molecular complexity index is 228. The minimum Gasteiger partial charge on any atom is -0.391 e. The molecule has 1 aliphatic carbocycles. The molecule has 2 fully saturated rings. The molecule has 4 heteroatoms. The lowest BCUT2D eigenvalue weighted by Crippen LogP contribution is -2.50. The molecule has 1 aliphatic heterocycles. The van der Waals surface area contributed by atoms with Gasteiger partial charge in [0.05, 0.1) is 12.1 Å². The molecule has 0 aromatic heterocycles. The van der Waals surface area contributed by atoms with Gasteiger partial charge in [-0.15, -0.1) is 0 Å². The number of hydrogen-bond acceptors (Lipinski definition) is 3. The molecule has 1 saturated heterocycles. The topological polar surface area (TPSA) is 66.6 Å². The number of nitrogens with two attached hydrogens (primary N) is 1. The average molecular weight is 198 g/mol. The van der Waals surface area contributed by atoms with Crippen molar-refractivity contribution in [2.24, 2.45) is 11.7 Å². The summed E-state index contributed by atoms with van der Waals surface area (Å²) in [4.78, 5) is 13.3. The Labute approximate surface area is 84.1 Å². The van der Waals surface area contributed by atoms with E-state index in [1.807, 2.05) is 0 Å². The highest BCUT2D eigenvalue weighted by molar-refractivity contribution is 5.82. The molecular weight excluding hydrogens is 180 g/mol. The first kappa shape index (κ1) is 9.93. The minimum atomic E-state index is -0.338. The number of piperidine rings is 1. The molecule has 2 atom stereocenters. The van der Waals surface area contributed by atoms with Crippen molar-refractivity contribution in [3.8, 4) is 0 Å². The molecule has 14 heavy (non-hydrogen) atoms. The number of aliphatic hydroxyl groups excluding tert-OH is 1. The zero-order valence-corrected chi connectivity index (χ0v) is 8.35. The summed E-state index contributed by atoms with van der Waals surface area (Å²) in [6.45, 7) is 1.24. The molecule has 0 aromatic rings. The molecule has 2 rings (SSSR count). The van der Waals surface area contributed by atoms with E-state index in [0.29, 0.717) is 12.5 Å². The van der Waals surface area contributed by atoms with Crippen molar-refractivity contribution in [1.82, 2.24) is 4.90 Å². The maximum absolute atomic E-state index is 11.6. The lowest BCUT2D eigenvalue weighted by Gasteiger charge is -2.32. The van der Waals surface area contributed by atoms with Crippen LogP contribution in [-0.2, 0) is 4.79 Å². The van der Waals surface area contributed by atoms with Crippen LogP contribution in [0.1, 0.15) is 25.7 Å². The number of aliphatic hydroxyl groups is 1. The fourth-order valence-corrected chi connectivity index (χ4v) is 2.01. The zero-order chi connectivity index (χ0) is 10.1. The average Bonchev–Trinajstić information content (AvgIpc) is 2.95. The van der Waals surface area contributed by atoms with Crippen molar-refractivity contribution in [3.63, 3.8) is 0 Å². The quantitative estimate of drug-likeness (QED) is 0.654. The summed E-state index contributed by atoms with van der Waals surface area (Å²) in [5, 5.41) is 9.71. The van der Waals surface area contributed by atoms with Crippen LogP contribution in [0.5, 0.6) is 0 Å². The number of amides is 1. The largest absolute Gasteiger partial charge is 0.391 e. The number of rotatable bonds is 3. The van der Waals surface area contributed by atoms with E-state index in [4.69, 9.17) is 5.73 Å². The first-order chi connectivity index (χ1) is 6.68. The summed E-state index contributed by atoms with van der Waals surface area (Å²) in [5.41, 5.74) is 5.66. The Morgan fingerprint density at radius 1 is 1.50 bits per heavy atom. The van der Waals surface area contributed by atoms with Crippen molar-refractivity contribution in [2.45, 2.75) is 37.8 Å². The Morgan fingerprint density at radius 2 is 2.21 bits per heavy atom. The molecule has 3 N–H and O–H groups in total. The number of carbonyl (C=O) groups is 1. The van der Waals surface area contributed by atoms with Crippen molar-refractivity contribution >= 4 is 5.91 Å². The number of hydrogen-bond donors (Lipinski definition) is 2. The summed E-state index contributed by atoms with van der Waals surface area (Å²) in [6.07, 6.45) is 3.63. The van der Waals surface area contributed by atoms with E-state index in [2.05, 4.69) is 0 Å². The number of β-amino-alcohol motifs (C(OH)–C–C–N with tert-alkyl or cyclic N) is 1. The Balaban J connectivity index is 1.86. The fourth-order valence-electron chi connectivity index (χ4n) is 2.01. The van der Waals surface area contributed by atoms with Gasteiger partial charge in [-0.05, 0) is 31.6 Å². The first-order valence-electron chi connectivity index (χ1n) is 5.41. The van der Waals surface area contributed by atoms with Gasteiger partial charge in [-0.2, -0.15) is 0 Å². The van der Waals surface area contributed by atoms with Gasteiger partial charge in [-0.25, -0.2) is 0 Å². The molecule has 1 amide bonds. The van der Waals surface area contributed by atoms with Crippen LogP contribution in [0.15, 0.2) is 0 Å². The third kappa shape index (κ3) is 2.07. The molecule has 0 radical (unpaired) electrons. The summed E-state index contributed by atoms with van der Waals surface area (Å²) in [5.74, 6) is 0.442. The molecule has 0 aromatic carbocycles. The van der Waals surface area contributed by atoms with Gasteiger partial charge < -0.3 is 15.7 Å². The van der Waals surface area contributed by atoms with Crippen molar-refractivity contribution in [1.29, 1.82) is 0 Å². The lowest BCUT2D eigenvalue weighted by atomic mass is 10.0. The Kier molecular flexibility index (Phi) is 2.74. The van der Waals surface area contributed by atoms with E-state index in [0.717, 1.165) is 32.2 Å². The molecule has 1 heterocycles. The highest BCUT2D eigenvalue weighted by atomic mass is 16.3. The van der Waals surface area contributed by atoms with Crippen LogP contribution in [-0.4, -0.2) is 41.1 Å². The SMILES string of the molecule is NC1CCCN(CC(O)C2CC2)C1=O. The molecule has 80 valence electrons. The third-order valence-corrected chi connectivity index (χ3v) is 3.15. The standard InChI is InChI=1S/C10H18N2O2/c11-8-2-1-5-12(10(8)14)6-9(13)7-3-4-7/h7-9,13H,1-6,11H2. The molecule has 4 nitrogen and oxygen atoms in total. The van der Waals surface area contributed by atoms with E-state index < -0.39 is 0 Å². The van der Waals surface area contributed by atoms with Crippen LogP contribution in [0.4, 0.5) is 0 Å². The lowest BCUT2D eigenvalue weighted by molar-refractivity contribution is -0.136. The third-order valence-electron chi connectivity index (χ3n) is 3.15. The molecule has 0 spiro atoms. The van der Waals surface area contributed by atoms with Crippen molar-refractivity contribution in [3.05, 3.63) is 0 Å². The van der Waals surface area contributed by atoms with Crippen LogP contribution >= 0.6 is 0 Å². The fraction of sp³-hybridized carbons (Fsp3) is 0.900. The smallest absolute Gasteiger partial charge is 0.239 e. The maximum atomic E-state index is 11.6. The minimum absolute atomic E-state index is 0.0101. The van der Waals surface area contributed by atoms with Crippen LogP contribution in [0.2, 0.25) is 0 Å². The highest BCUT2D eigenvalue weighted by Crippen LogP contribution is 2.33. The van der Waals surface area contributed by atoms with Gasteiger partial charge in [0.15, 0.2) is 0 Å². The molecular formula is C10H18N2O2.